The molecule has 1 saturated heterocycles. The maximum absolute atomic E-state index is 12.3. The summed E-state index contributed by atoms with van der Waals surface area (Å²) in [5, 5.41) is 2.30. The van der Waals surface area contributed by atoms with E-state index in [1.165, 1.54) is 4.90 Å². The first-order chi connectivity index (χ1) is 9.62. The number of unbranched alkanes of at least 4 members (excludes halogenated alkanes) is 1. The van der Waals surface area contributed by atoms with Gasteiger partial charge in [-0.1, -0.05) is 19.8 Å². The standard InChI is InChI=1S/C14H22N2O4/c1-2-3-9-20-10-5-8-16-12(18)14(6-4-7-14)11(17)15-13(16)19/h2-10H2,1H3,(H,15,17,19). The van der Waals surface area contributed by atoms with Crippen molar-refractivity contribution in [3.8, 4) is 0 Å². The van der Waals surface area contributed by atoms with Crippen LogP contribution >= 0.6 is 0 Å². The summed E-state index contributed by atoms with van der Waals surface area (Å²) >= 11 is 0. The van der Waals surface area contributed by atoms with Crippen molar-refractivity contribution in [1.82, 2.24) is 10.2 Å². The number of ether oxygens (including phenoxy) is 1. The molecule has 1 spiro atoms. The molecule has 0 atom stereocenters. The van der Waals surface area contributed by atoms with Gasteiger partial charge in [0.15, 0.2) is 0 Å². The van der Waals surface area contributed by atoms with Crippen molar-refractivity contribution in [2.75, 3.05) is 19.8 Å². The highest BCUT2D eigenvalue weighted by atomic mass is 16.5. The van der Waals surface area contributed by atoms with Gasteiger partial charge in [-0.25, -0.2) is 4.79 Å². The second-order valence-electron chi connectivity index (χ2n) is 5.47. The van der Waals surface area contributed by atoms with Crippen molar-refractivity contribution in [3.05, 3.63) is 0 Å². The Labute approximate surface area is 118 Å². The van der Waals surface area contributed by atoms with Crippen LogP contribution in [0.15, 0.2) is 0 Å². The number of hydrogen-bond acceptors (Lipinski definition) is 4. The van der Waals surface area contributed by atoms with Crippen LogP contribution in [0, 0.1) is 5.41 Å². The summed E-state index contributed by atoms with van der Waals surface area (Å²) in [4.78, 5) is 37.0. The van der Waals surface area contributed by atoms with E-state index >= 15 is 0 Å². The van der Waals surface area contributed by atoms with E-state index in [9.17, 15) is 14.4 Å². The number of imide groups is 2. The Balaban J connectivity index is 1.82. The quantitative estimate of drug-likeness (QED) is 0.566. The molecule has 1 heterocycles. The molecular weight excluding hydrogens is 260 g/mol. The summed E-state index contributed by atoms with van der Waals surface area (Å²) in [6, 6.07) is -0.592. The minimum absolute atomic E-state index is 0.311. The summed E-state index contributed by atoms with van der Waals surface area (Å²) in [5.41, 5.74) is -0.961. The van der Waals surface area contributed by atoms with Crippen LogP contribution in [-0.2, 0) is 14.3 Å². The molecule has 0 aromatic rings. The monoisotopic (exact) mass is 282 g/mol. The highest BCUT2D eigenvalue weighted by Crippen LogP contribution is 2.44. The lowest BCUT2D eigenvalue weighted by atomic mass is 9.66. The van der Waals surface area contributed by atoms with Gasteiger partial charge in [0.25, 0.3) is 0 Å². The van der Waals surface area contributed by atoms with Crippen molar-refractivity contribution in [2.45, 2.75) is 45.4 Å². The highest BCUT2D eigenvalue weighted by Gasteiger charge is 2.57. The van der Waals surface area contributed by atoms with Gasteiger partial charge in [0.05, 0.1) is 0 Å². The van der Waals surface area contributed by atoms with E-state index in [1.807, 2.05) is 0 Å². The molecule has 112 valence electrons. The molecule has 2 fully saturated rings. The molecule has 0 radical (unpaired) electrons. The van der Waals surface area contributed by atoms with Crippen LogP contribution in [0.4, 0.5) is 4.79 Å². The number of rotatable bonds is 7. The Hall–Kier alpha value is -1.43. The lowest BCUT2D eigenvalue weighted by molar-refractivity contribution is -0.157. The largest absolute Gasteiger partial charge is 0.381 e. The number of amides is 4. The minimum Gasteiger partial charge on any atom is -0.381 e. The Bertz CT molecular complexity index is 404. The number of carbonyl (C=O) groups excluding carboxylic acids is 3. The average molecular weight is 282 g/mol. The second kappa shape index (κ2) is 6.35. The first-order valence-corrected chi connectivity index (χ1v) is 7.37. The van der Waals surface area contributed by atoms with Crippen LogP contribution in [0.5, 0.6) is 0 Å². The normalized spacial score (nSPS) is 21.1. The Morgan fingerprint density at radius 3 is 2.50 bits per heavy atom. The SMILES string of the molecule is CCCCOCCCN1C(=O)NC(=O)C2(CCC2)C1=O. The third-order valence-electron chi connectivity index (χ3n) is 4.07. The second-order valence-corrected chi connectivity index (χ2v) is 5.47. The zero-order valence-electron chi connectivity index (χ0n) is 11.9. The summed E-state index contributed by atoms with van der Waals surface area (Å²) in [7, 11) is 0. The molecule has 1 aliphatic heterocycles. The van der Waals surface area contributed by atoms with Gasteiger partial charge in [-0.2, -0.15) is 0 Å². The molecule has 20 heavy (non-hydrogen) atoms. The smallest absolute Gasteiger partial charge is 0.330 e. The Morgan fingerprint density at radius 2 is 1.90 bits per heavy atom. The van der Waals surface area contributed by atoms with Crippen LogP contribution in [0.2, 0.25) is 0 Å². The third kappa shape index (κ3) is 2.70. The van der Waals surface area contributed by atoms with Gasteiger partial charge in [-0.05, 0) is 25.7 Å². The number of barbiturate groups is 1. The Kier molecular flexibility index (Phi) is 4.75. The topological polar surface area (TPSA) is 75.7 Å². The van der Waals surface area contributed by atoms with Crippen molar-refractivity contribution in [1.29, 1.82) is 0 Å². The molecule has 0 aromatic heterocycles. The van der Waals surface area contributed by atoms with Crippen molar-refractivity contribution in [3.63, 3.8) is 0 Å². The first kappa shape index (κ1) is 15.0. The molecular formula is C14H22N2O4. The Morgan fingerprint density at radius 1 is 1.20 bits per heavy atom. The fraction of sp³-hybridized carbons (Fsp3) is 0.786. The number of urea groups is 1. The van der Waals surface area contributed by atoms with Crippen molar-refractivity contribution >= 4 is 17.8 Å². The fourth-order valence-electron chi connectivity index (χ4n) is 2.58. The van der Waals surface area contributed by atoms with E-state index in [4.69, 9.17) is 4.74 Å². The summed E-state index contributed by atoms with van der Waals surface area (Å²) in [5.74, 6) is -0.750. The molecule has 2 aliphatic rings. The number of nitrogens with one attached hydrogen (secondary N) is 1. The first-order valence-electron chi connectivity index (χ1n) is 7.37. The zero-order valence-corrected chi connectivity index (χ0v) is 11.9. The number of nitrogens with zero attached hydrogens (tertiary/aromatic N) is 1. The van der Waals surface area contributed by atoms with Crippen molar-refractivity contribution < 1.29 is 19.1 Å². The van der Waals surface area contributed by atoms with Crippen LogP contribution in [0.25, 0.3) is 0 Å². The van der Waals surface area contributed by atoms with Gasteiger partial charge in [0.2, 0.25) is 11.8 Å². The van der Waals surface area contributed by atoms with E-state index in [0.717, 1.165) is 19.3 Å². The van der Waals surface area contributed by atoms with Crippen LogP contribution in [0.3, 0.4) is 0 Å². The van der Waals surface area contributed by atoms with Gasteiger partial charge in [0.1, 0.15) is 5.41 Å². The molecule has 6 nitrogen and oxygen atoms in total. The molecule has 0 aromatic carbocycles. The van der Waals surface area contributed by atoms with Crippen LogP contribution in [0.1, 0.15) is 45.4 Å². The van der Waals surface area contributed by atoms with E-state index in [0.29, 0.717) is 39.0 Å². The maximum atomic E-state index is 12.3. The van der Waals surface area contributed by atoms with Crippen LogP contribution in [-0.4, -0.2) is 42.5 Å². The van der Waals surface area contributed by atoms with Gasteiger partial charge in [-0.15, -0.1) is 0 Å². The van der Waals surface area contributed by atoms with Crippen LogP contribution < -0.4 is 5.32 Å². The maximum Gasteiger partial charge on any atom is 0.330 e. The molecule has 1 aliphatic carbocycles. The molecule has 2 rings (SSSR count). The van der Waals surface area contributed by atoms with Gasteiger partial charge in [-0.3, -0.25) is 19.8 Å². The average Bonchev–Trinajstić information content (AvgIpc) is 2.35. The zero-order chi connectivity index (χ0) is 14.6. The van der Waals surface area contributed by atoms with Gasteiger partial charge < -0.3 is 4.74 Å². The molecule has 1 N–H and O–H groups in total. The summed E-state index contributed by atoms with van der Waals surface area (Å²) in [6.07, 6.45) is 4.66. The number of carbonyl (C=O) groups is 3. The number of hydrogen-bond donors (Lipinski definition) is 1. The lowest BCUT2D eigenvalue weighted by Crippen LogP contribution is -2.66. The predicted molar refractivity (Wildman–Crippen MR) is 71.9 cm³/mol. The molecule has 6 heteroatoms. The minimum atomic E-state index is -0.961. The highest BCUT2D eigenvalue weighted by molar-refractivity contribution is 6.19. The predicted octanol–water partition coefficient (Wildman–Crippen LogP) is 1.44. The molecule has 4 amide bonds. The third-order valence-corrected chi connectivity index (χ3v) is 4.07. The summed E-state index contributed by atoms with van der Waals surface area (Å²) < 4.78 is 5.41. The fourth-order valence-corrected chi connectivity index (χ4v) is 2.58. The van der Waals surface area contributed by atoms with Crippen molar-refractivity contribution in [2.24, 2.45) is 5.41 Å². The molecule has 0 bridgehead atoms. The van der Waals surface area contributed by atoms with E-state index in [1.54, 1.807) is 0 Å². The van der Waals surface area contributed by atoms with E-state index < -0.39 is 17.4 Å². The molecule has 1 saturated carbocycles. The van der Waals surface area contributed by atoms with E-state index in [2.05, 4.69) is 12.2 Å². The molecule has 0 unspecified atom stereocenters. The summed E-state index contributed by atoms with van der Waals surface area (Å²) in [6.45, 7) is 3.64. The lowest BCUT2D eigenvalue weighted by Gasteiger charge is -2.44. The van der Waals surface area contributed by atoms with Gasteiger partial charge >= 0.3 is 6.03 Å². The van der Waals surface area contributed by atoms with E-state index in [-0.39, 0.29) is 5.91 Å². The van der Waals surface area contributed by atoms with Gasteiger partial charge in [0, 0.05) is 19.8 Å².